The van der Waals surface area contributed by atoms with Crippen molar-refractivity contribution in [3.05, 3.63) is 58.5 Å². The number of rotatable bonds is 25. The third kappa shape index (κ3) is 16.4. The number of fused-ring (bicyclic) bond motifs is 1. The van der Waals surface area contributed by atoms with E-state index in [0.29, 0.717) is 74.1 Å². The molecule has 318 valence electrons. The summed E-state index contributed by atoms with van der Waals surface area (Å²) in [5.41, 5.74) is 18.1. The highest BCUT2D eigenvalue weighted by molar-refractivity contribution is 6.00. The monoisotopic (exact) mass is 810 g/mol. The minimum Gasteiger partial charge on any atom is -0.423 e. The van der Waals surface area contributed by atoms with Gasteiger partial charge in [0.2, 0.25) is 35.4 Å². The number of aryl methyl sites for hydroxylation is 1. The van der Waals surface area contributed by atoms with Gasteiger partial charge in [0, 0.05) is 61.9 Å². The third-order valence-corrected chi connectivity index (χ3v) is 9.08. The summed E-state index contributed by atoms with van der Waals surface area (Å²) in [6.07, 6.45) is 5.03. The summed E-state index contributed by atoms with van der Waals surface area (Å²) in [4.78, 5) is 97.7. The van der Waals surface area contributed by atoms with Gasteiger partial charge in [-0.2, -0.15) is 0 Å². The van der Waals surface area contributed by atoms with Gasteiger partial charge in [0.1, 0.15) is 36.0 Å². The number of imidazole rings is 1. The molecule has 0 bridgehead atoms. The average molecular weight is 811 g/mol. The number of carbonyl (C=O) groups excluding carboxylic acids is 6. The first kappa shape index (κ1) is 46.7. The third-order valence-electron chi connectivity index (χ3n) is 9.08. The molecule has 20 nitrogen and oxygen atoms in total. The van der Waals surface area contributed by atoms with Crippen molar-refractivity contribution in [3.8, 4) is 0 Å². The van der Waals surface area contributed by atoms with Gasteiger partial charge in [-0.1, -0.05) is 0 Å². The maximum atomic E-state index is 14.0. The van der Waals surface area contributed by atoms with Crippen LogP contribution in [0.15, 0.2) is 46.0 Å². The Morgan fingerprint density at radius 2 is 1.38 bits per heavy atom. The standard InChI is InChI=1S/C38H58N12O8/c1-22-17-33(53)58-32-19-25(12-13-27(22)32)47-34(54)29(10-5-7-15-43-23(2)51)48-36(56)30(9-4-6-14-39)49-37(57)31(18-26-20-42-21-45-26)50-35(55)28(46-24(3)52)11-8-16-44-38(40)41/h12-13,17,19-21,28-31,38,44H,4-11,14-16,18,39-41H2,1-3H3,(H,42,45)(H,43,51)(H,46,52)(H,47,54)(H,48,56)(H,49,57)(H,50,55)/t28-,29-,30-,31-/m0/s1. The first-order valence-corrected chi connectivity index (χ1v) is 19.4. The van der Waals surface area contributed by atoms with Crippen LogP contribution in [0.2, 0.25) is 0 Å². The summed E-state index contributed by atoms with van der Waals surface area (Å²) in [7, 11) is 0. The fourth-order valence-corrected chi connectivity index (χ4v) is 6.13. The molecule has 20 heteroatoms. The molecule has 4 atom stereocenters. The number of hydrogen-bond donors (Lipinski definition) is 11. The van der Waals surface area contributed by atoms with E-state index < -0.39 is 65.6 Å². The Kier molecular flexibility index (Phi) is 19.4. The summed E-state index contributed by atoms with van der Waals surface area (Å²) in [5.74, 6) is -3.19. The molecule has 1 aromatic carbocycles. The van der Waals surface area contributed by atoms with Crippen molar-refractivity contribution in [1.82, 2.24) is 41.9 Å². The van der Waals surface area contributed by atoms with Gasteiger partial charge >= 0.3 is 5.63 Å². The second kappa shape index (κ2) is 24.2. The van der Waals surface area contributed by atoms with Gasteiger partial charge in [0.25, 0.3) is 0 Å². The van der Waals surface area contributed by atoms with Gasteiger partial charge in [-0.05, 0) is 89.1 Å². The highest BCUT2D eigenvalue weighted by Gasteiger charge is 2.31. The predicted octanol–water partition coefficient (Wildman–Crippen LogP) is -1.03. The summed E-state index contributed by atoms with van der Waals surface area (Å²) in [6, 6.07) is 1.80. The molecule has 0 aliphatic heterocycles. The Balaban J connectivity index is 1.84. The lowest BCUT2D eigenvalue weighted by Gasteiger charge is -2.26. The molecule has 0 radical (unpaired) electrons. The molecule has 3 rings (SSSR count). The van der Waals surface area contributed by atoms with Crippen LogP contribution in [0.4, 0.5) is 5.69 Å². The lowest BCUT2D eigenvalue weighted by atomic mass is 10.0. The van der Waals surface area contributed by atoms with Crippen LogP contribution in [0.3, 0.4) is 0 Å². The van der Waals surface area contributed by atoms with Crippen molar-refractivity contribution < 1.29 is 33.2 Å². The lowest BCUT2D eigenvalue weighted by molar-refractivity contribution is -0.134. The molecule has 6 amide bonds. The SMILES string of the molecule is CC(=O)NCCCC[C@H](NC(=O)[C@H](CCCCN)NC(=O)[C@H](Cc1cnc[nH]1)NC(=O)[C@H](CCCNC(N)N)NC(C)=O)C(=O)Nc1ccc2c(C)cc(=O)oc2c1. The summed E-state index contributed by atoms with van der Waals surface area (Å²) < 4.78 is 5.33. The van der Waals surface area contributed by atoms with Crippen molar-refractivity contribution in [1.29, 1.82) is 0 Å². The number of nitrogens with two attached hydrogens (primary N) is 3. The van der Waals surface area contributed by atoms with Crippen molar-refractivity contribution >= 4 is 52.1 Å². The minimum atomic E-state index is -1.21. The Labute approximate surface area is 336 Å². The molecular weight excluding hydrogens is 752 g/mol. The molecule has 0 unspecified atom stereocenters. The minimum absolute atomic E-state index is 0.0319. The average Bonchev–Trinajstić information content (AvgIpc) is 3.67. The Bertz CT molecular complexity index is 1880. The van der Waals surface area contributed by atoms with E-state index in [9.17, 15) is 33.6 Å². The van der Waals surface area contributed by atoms with E-state index in [1.165, 1.54) is 38.5 Å². The summed E-state index contributed by atoms with van der Waals surface area (Å²) in [5, 5.41) is 19.9. The van der Waals surface area contributed by atoms with E-state index in [2.05, 4.69) is 47.2 Å². The number of aromatic nitrogens is 2. The number of nitrogens with one attached hydrogen (secondary N) is 8. The largest absolute Gasteiger partial charge is 0.423 e. The van der Waals surface area contributed by atoms with Gasteiger partial charge in [-0.3, -0.25) is 34.1 Å². The number of benzene rings is 1. The van der Waals surface area contributed by atoms with Crippen LogP contribution >= 0.6 is 0 Å². The first-order chi connectivity index (χ1) is 27.7. The van der Waals surface area contributed by atoms with E-state index in [1.807, 2.05) is 0 Å². The quantitative estimate of drug-likeness (QED) is 0.0278. The summed E-state index contributed by atoms with van der Waals surface area (Å²) >= 11 is 0. The first-order valence-electron chi connectivity index (χ1n) is 19.4. The predicted molar refractivity (Wildman–Crippen MR) is 216 cm³/mol. The van der Waals surface area contributed by atoms with Crippen LogP contribution in [0, 0.1) is 6.92 Å². The van der Waals surface area contributed by atoms with E-state index >= 15 is 0 Å². The topological polar surface area (TPSA) is 324 Å². The highest BCUT2D eigenvalue weighted by atomic mass is 16.4. The van der Waals surface area contributed by atoms with Crippen LogP contribution in [-0.2, 0) is 35.2 Å². The van der Waals surface area contributed by atoms with Gasteiger partial charge in [-0.25, -0.2) is 9.78 Å². The maximum absolute atomic E-state index is 14.0. The maximum Gasteiger partial charge on any atom is 0.336 e. The molecule has 2 heterocycles. The summed E-state index contributed by atoms with van der Waals surface area (Å²) in [6.45, 7) is 5.50. The molecule has 0 aliphatic rings. The van der Waals surface area contributed by atoms with Crippen LogP contribution in [-0.4, -0.2) is 95.5 Å². The number of anilines is 1. The Morgan fingerprint density at radius 3 is 2.00 bits per heavy atom. The fourth-order valence-electron chi connectivity index (χ4n) is 6.13. The van der Waals surface area contributed by atoms with Gasteiger partial charge in [-0.15, -0.1) is 0 Å². The van der Waals surface area contributed by atoms with Crippen molar-refractivity contribution in [3.63, 3.8) is 0 Å². The molecule has 0 saturated carbocycles. The molecule has 0 fully saturated rings. The molecule has 0 spiro atoms. The fraction of sp³-hybridized carbons (Fsp3) is 0.526. The molecule has 14 N–H and O–H groups in total. The van der Waals surface area contributed by atoms with Crippen LogP contribution in [0.5, 0.6) is 0 Å². The molecule has 2 aromatic heterocycles. The zero-order valence-electron chi connectivity index (χ0n) is 33.3. The van der Waals surface area contributed by atoms with Crippen LogP contribution in [0.25, 0.3) is 11.0 Å². The van der Waals surface area contributed by atoms with Crippen LogP contribution < -0.4 is 60.0 Å². The molecular formula is C38H58N12O8. The zero-order chi connectivity index (χ0) is 42.6. The molecule has 3 aromatic rings. The molecule has 0 aliphatic carbocycles. The molecule has 58 heavy (non-hydrogen) atoms. The van der Waals surface area contributed by atoms with E-state index in [0.717, 1.165) is 0 Å². The second-order valence-electron chi connectivity index (χ2n) is 14.1. The smallest absolute Gasteiger partial charge is 0.336 e. The number of carbonyl (C=O) groups is 6. The number of hydrogen-bond acceptors (Lipinski definition) is 13. The van der Waals surface area contributed by atoms with E-state index in [4.69, 9.17) is 21.6 Å². The van der Waals surface area contributed by atoms with E-state index in [-0.39, 0.29) is 37.2 Å². The zero-order valence-corrected chi connectivity index (χ0v) is 33.3. The number of amides is 6. The van der Waals surface area contributed by atoms with E-state index in [1.54, 1.807) is 19.1 Å². The van der Waals surface area contributed by atoms with Crippen molar-refractivity contribution in [2.45, 2.75) is 109 Å². The van der Waals surface area contributed by atoms with Gasteiger partial charge in [0.05, 0.1) is 6.33 Å². The highest BCUT2D eigenvalue weighted by Crippen LogP contribution is 2.21. The van der Waals surface area contributed by atoms with Crippen molar-refractivity contribution in [2.75, 3.05) is 25.0 Å². The van der Waals surface area contributed by atoms with Crippen molar-refractivity contribution in [2.24, 2.45) is 17.2 Å². The lowest BCUT2D eigenvalue weighted by Crippen LogP contribution is -2.58. The Morgan fingerprint density at radius 1 is 0.759 bits per heavy atom. The van der Waals surface area contributed by atoms with Crippen LogP contribution in [0.1, 0.15) is 76.5 Å². The number of aromatic amines is 1. The Hall–Kier alpha value is -5.70. The van der Waals surface area contributed by atoms with Gasteiger partial charge in [0.15, 0.2) is 0 Å². The van der Waals surface area contributed by atoms with Gasteiger partial charge < -0.3 is 58.5 Å². The molecule has 0 saturated heterocycles. The number of nitrogens with zero attached hydrogens (tertiary/aromatic N) is 1. The second-order valence-corrected chi connectivity index (χ2v) is 14.1. The normalized spacial score (nSPS) is 13.2. The number of H-pyrrole nitrogens is 1. The number of unbranched alkanes of at least 4 members (excludes halogenated alkanes) is 2.